The molecule has 2 heteroatoms. The molecule has 90 valence electrons. The van der Waals surface area contributed by atoms with Crippen LogP contribution in [0.25, 0.3) is 0 Å². The van der Waals surface area contributed by atoms with Crippen molar-refractivity contribution in [2.75, 3.05) is 0 Å². The molecule has 1 atom stereocenters. The lowest BCUT2D eigenvalue weighted by Gasteiger charge is -2.26. The Bertz CT molecular complexity index is 160. The van der Waals surface area contributed by atoms with Crippen LogP contribution in [-0.2, 0) is 0 Å². The number of nitrogens with two attached hydrogens (primary N) is 1. The Morgan fingerprint density at radius 2 is 1.73 bits per heavy atom. The lowest BCUT2D eigenvalue weighted by atomic mass is 9.87. The normalized spacial score (nSPS) is 13.1. The van der Waals surface area contributed by atoms with Gasteiger partial charge >= 0.3 is 0 Å². The summed E-state index contributed by atoms with van der Waals surface area (Å²) in [6.07, 6.45) is 7.09. The van der Waals surface area contributed by atoms with Crippen molar-refractivity contribution in [3.05, 3.63) is 12.2 Å². The van der Waals surface area contributed by atoms with Gasteiger partial charge in [0.15, 0.2) is 0 Å². The standard InChI is InChI=1S/C13H28N2/c1-5-8-12(9-6-2)13(15-14)10-11(4)7-3/h12-13,15H,4-10,14H2,1-3H3. The first-order valence-corrected chi connectivity index (χ1v) is 6.32. The fourth-order valence-electron chi connectivity index (χ4n) is 2.11. The molecule has 0 aromatic carbocycles. The molecule has 0 spiro atoms. The van der Waals surface area contributed by atoms with Crippen LogP contribution in [0.15, 0.2) is 12.2 Å². The number of rotatable bonds is 9. The van der Waals surface area contributed by atoms with Crippen LogP contribution >= 0.6 is 0 Å². The zero-order valence-electron chi connectivity index (χ0n) is 10.7. The van der Waals surface area contributed by atoms with E-state index in [1.54, 1.807) is 0 Å². The Balaban J connectivity index is 4.23. The highest BCUT2D eigenvalue weighted by molar-refractivity contribution is 4.97. The Kier molecular flexibility index (Phi) is 8.73. The van der Waals surface area contributed by atoms with Crippen molar-refractivity contribution >= 4 is 0 Å². The Hall–Kier alpha value is -0.340. The SMILES string of the molecule is C=C(CC)CC(NN)C(CCC)CCC. The average molecular weight is 212 g/mol. The van der Waals surface area contributed by atoms with Crippen molar-refractivity contribution in [2.24, 2.45) is 11.8 Å². The first kappa shape index (κ1) is 14.7. The summed E-state index contributed by atoms with van der Waals surface area (Å²) in [6, 6.07) is 0.414. The van der Waals surface area contributed by atoms with Gasteiger partial charge in [-0.1, -0.05) is 45.8 Å². The Morgan fingerprint density at radius 3 is 2.07 bits per heavy atom. The second kappa shape index (κ2) is 8.93. The van der Waals surface area contributed by atoms with E-state index in [4.69, 9.17) is 5.84 Å². The van der Waals surface area contributed by atoms with Crippen LogP contribution in [0, 0.1) is 5.92 Å². The third-order valence-corrected chi connectivity index (χ3v) is 3.11. The summed E-state index contributed by atoms with van der Waals surface area (Å²) in [5.74, 6) is 6.35. The molecule has 0 amide bonds. The second-order valence-electron chi connectivity index (χ2n) is 4.42. The van der Waals surface area contributed by atoms with Crippen molar-refractivity contribution in [3.63, 3.8) is 0 Å². The van der Waals surface area contributed by atoms with E-state index in [0.29, 0.717) is 12.0 Å². The molecule has 0 bridgehead atoms. The second-order valence-corrected chi connectivity index (χ2v) is 4.42. The monoisotopic (exact) mass is 212 g/mol. The molecule has 1 unspecified atom stereocenters. The highest BCUT2D eigenvalue weighted by Gasteiger charge is 2.19. The summed E-state index contributed by atoms with van der Waals surface area (Å²) in [4.78, 5) is 0. The summed E-state index contributed by atoms with van der Waals surface area (Å²) >= 11 is 0. The molecule has 0 saturated carbocycles. The highest BCUT2D eigenvalue weighted by atomic mass is 15.2. The average Bonchev–Trinajstić information content (AvgIpc) is 2.25. The van der Waals surface area contributed by atoms with Crippen LogP contribution < -0.4 is 11.3 Å². The van der Waals surface area contributed by atoms with Gasteiger partial charge < -0.3 is 0 Å². The fraction of sp³-hybridized carbons (Fsp3) is 0.846. The molecule has 0 saturated heterocycles. The zero-order valence-corrected chi connectivity index (χ0v) is 10.7. The first-order chi connectivity index (χ1) is 7.19. The van der Waals surface area contributed by atoms with Gasteiger partial charge in [0.1, 0.15) is 0 Å². The maximum absolute atomic E-state index is 5.65. The quantitative estimate of drug-likeness (QED) is 0.349. The van der Waals surface area contributed by atoms with Crippen LogP contribution in [0.3, 0.4) is 0 Å². The number of hydrogen-bond acceptors (Lipinski definition) is 2. The summed E-state index contributed by atoms with van der Waals surface area (Å²) in [7, 11) is 0. The minimum absolute atomic E-state index is 0.414. The van der Waals surface area contributed by atoms with Gasteiger partial charge in [-0.2, -0.15) is 0 Å². The molecular formula is C13H28N2. The van der Waals surface area contributed by atoms with E-state index in [1.807, 2.05) is 0 Å². The Labute approximate surface area is 95.3 Å². The van der Waals surface area contributed by atoms with E-state index in [1.165, 1.54) is 31.3 Å². The van der Waals surface area contributed by atoms with Crippen molar-refractivity contribution in [3.8, 4) is 0 Å². The topological polar surface area (TPSA) is 38.0 Å². The van der Waals surface area contributed by atoms with Gasteiger partial charge in [-0.05, 0) is 31.6 Å². The third kappa shape index (κ3) is 5.95. The van der Waals surface area contributed by atoms with Crippen LogP contribution in [0.5, 0.6) is 0 Å². The summed E-state index contributed by atoms with van der Waals surface area (Å²) < 4.78 is 0. The predicted molar refractivity (Wildman–Crippen MR) is 68.5 cm³/mol. The molecule has 0 heterocycles. The summed E-state index contributed by atoms with van der Waals surface area (Å²) in [5.41, 5.74) is 4.28. The predicted octanol–water partition coefficient (Wildman–Crippen LogP) is 3.39. The van der Waals surface area contributed by atoms with Gasteiger partial charge in [0.2, 0.25) is 0 Å². The summed E-state index contributed by atoms with van der Waals surface area (Å²) in [5, 5.41) is 0. The zero-order chi connectivity index (χ0) is 11.7. The van der Waals surface area contributed by atoms with E-state index in [0.717, 1.165) is 12.8 Å². The van der Waals surface area contributed by atoms with Crippen molar-refractivity contribution in [1.82, 2.24) is 5.43 Å². The Morgan fingerprint density at radius 1 is 1.20 bits per heavy atom. The minimum Gasteiger partial charge on any atom is -0.271 e. The molecule has 15 heavy (non-hydrogen) atoms. The van der Waals surface area contributed by atoms with E-state index in [2.05, 4.69) is 32.8 Å². The van der Waals surface area contributed by atoms with Crippen LogP contribution in [-0.4, -0.2) is 6.04 Å². The van der Waals surface area contributed by atoms with Gasteiger partial charge in [-0.3, -0.25) is 11.3 Å². The van der Waals surface area contributed by atoms with Gasteiger partial charge in [0.25, 0.3) is 0 Å². The third-order valence-electron chi connectivity index (χ3n) is 3.11. The lowest BCUT2D eigenvalue weighted by molar-refractivity contribution is 0.310. The molecule has 0 aliphatic rings. The number of hydrogen-bond donors (Lipinski definition) is 2. The van der Waals surface area contributed by atoms with Gasteiger partial charge in [-0.15, -0.1) is 0 Å². The molecule has 0 fully saturated rings. The molecular weight excluding hydrogens is 184 g/mol. The van der Waals surface area contributed by atoms with Crippen molar-refractivity contribution < 1.29 is 0 Å². The van der Waals surface area contributed by atoms with Crippen LogP contribution in [0.1, 0.15) is 59.3 Å². The lowest BCUT2D eigenvalue weighted by Crippen LogP contribution is -2.41. The molecule has 0 aromatic heterocycles. The first-order valence-electron chi connectivity index (χ1n) is 6.32. The van der Waals surface area contributed by atoms with Gasteiger partial charge in [-0.25, -0.2) is 0 Å². The van der Waals surface area contributed by atoms with E-state index in [9.17, 15) is 0 Å². The highest BCUT2D eigenvalue weighted by Crippen LogP contribution is 2.22. The largest absolute Gasteiger partial charge is 0.271 e. The van der Waals surface area contributed by atoms with Gasteiger partial charge in [0, 0.05) is 6.04 Å². The maximum Gasteiger partial charge on any atom is 0.0275 e. The van der Waals surface area contributed by atoms with Crippen LogP contribution in [0.4, 0.5) is 0 Å². The van der Waals surface area contributed by atoms with Crippen molar-refractivity contribution in [1.29, 1.82) is 0 Å². The molecule has 3 N–H and O–H groups in total. The molecule has 0 aromatic rings. The molecule has 0 aliphatic carbocycles. The van der Waals surface area contributed by atoms with E-state index in [-0.39, 0.29) is 0 Å². The number of nitrogens with one attached hydrogen (secondary N) is 1. The molecule has 0 rings (SSSR count). The van der Waals surface area contributed by atoms with Gasteiger partial charge in [0.05, 0.1) is 0 Å². The van der Waals surface area contributed by atoms with Crippen molar-refractivity contribution in [2.45, 2.75) is 65.3 Å². The maximum atomic E-state index is 5.65. The fourth-order valence-corrected chi connectivity index (χ4v) is 2.11. The molecule has 0 aliphatic heterocycles. The summed E-state index contributed by atoms with van der Waals surface area (Å²) in [6.45, 7) is 10.7. The molecule has 2 nitrogen and oxygen atoms in total. The minimum atomic E-state index is 0.414. The van der Waals surface area contributed by atoms with Crippen LogP contribution in [0.2, 0.25) is 0 Å². The smallest absolute Gasteiger partial charge is 0.0275 e. The van der Waals surface area contributed by atoms with E-state index < -0.39 is 0 Å². The van der Waals surface area contributed by atoms with E-state index >= 15 is 0 Å². The molecule has 0 radical (unpaired) electrons. The number of hydrazine groups is 1.